The van der Waals surface area contributed by atoms with E-state index in [1.165, 1.54) is 19.1 Å². The molecule has 0 saturated heterocycles. The molecule has 1 aliphatic carbocycles. The minimum atomic E-state index is -1.09. The predicted molar refractivity (Wildman–Crippen MR) is 72.7 cm³/mol. The summed E-state index contributed by atoms with van der Waals surface area (Å²) in [5.74, 6) is -2.46. The van der Waals surface area contributed by atoms with Crippen LogP contribution in [0.25, 0.3) is 0 Å². The number of benzene rings is 1. The van der Waals surface area contributed by atoms with Gasteiger partial charge in [0.05, 0.1) is 5.92 Å². The average Bonchev–Trinajstić information content (AvgIpc) is 2.48. The molecule has 0 aliphatic heterocycles. The van der Waals surface area contributed by atoms with E-state index in [0.29, 0.717) is 5.92 Å². The molecular formula is C15H17F2O2Si. The smallest absolute Gasteiger partial charge is 0.314 e. The Kier molecular flexibility index (Phi) is 4.91. The van der Waals surface area contributed by atoms with E-state index >= 15 is 0 Å². The molecule has 0 bridgehead atoms. The lowest BCUT2D eigenvalue weighted by Gasteiger charge is -2.26. The minimum absolute atomic E-state index is 0.194. The summed E-state index contributed by atoms with van der Waals surface area (Å²) in [6.07, 6.45) is 3.38. The quantitative estimate of drug-likeness (QED) is 0.484. The Morgan fingerprint density at radius 2 is 1.90 bits per heavy atom. The molecule has 1 fully saturated rings. The third-order valence-electron chi connectivity index (χ3n) is 3.92. The summed E-state index contributed by atoms with van der Waals surface area (Å²) in [6.45, 7) is 1.46. The van der Waals surface area contributed by atoms with Gasteiger partial charge in [-0.05, 0) is 50.2 Å². The summed E-state index contributed by atoms with van der Waals surface area (Å²) in [4.78, 5) is 12.0. The third-order valence-corrected chi connectivity index (χ3v) is 4.50. The van der Waals surface area contributed by atoms with Gasteiger partial charge < -0.3 is 4.74 Å². The molecule has 3 radical (unpaired) electrons. The minimum Gasteiger partial charge on any atom is -0.423 e. The number of carbonyl (C=O) groups excluding carboxylic acids is 1. The summed E-state index contributed by atoms with van der Waals surface area (Å²) in [6, 6.07) is 3.64. The summed E-state index contributed by atoms with van der Waals surface area (Å²) >= 11 is 0. The van der Waals surface area contributed by atoms with Crippen LogP contribution in [0, 0.1) is 30.4 Å². The van der Waals surface area contributed by atoms with E-state index in [2.05, 4.69) is 10.2 Å². The van der Waals surface area contributed by atoms with E-state index in [0.717, 1.165) is 31.7 Å². The number of halogens is 2. The molecule has 0 amide bonds. The number of ether oxygens (including phenoxy) is 1. The highest BCUT2D eigenvalue weighted by Gasteiger charge is 2.28. The number of carbonyl (C=O) groups is 1. The van der Waals surface area contributed by atoms with Crippen molar-refractivity contribution in [1.82, 2.24) is 0 Å². The molecule has 2 rings (SSSR count). The first-order valence-electron chi connectivity index (χ1n) is 6.83. The number of hydrogen-bond acceptors (Lipinski definition) is 2. The standard InChI is InChI=1S/C15H17F2O2Si/c1-9-2-7-12(14(17)13(9)16)19-15(18)11-5-3-10(8-20)4-6-11/h2,7,10-11H,3-6,8H2,1H3. The Hall–Kier alpha value is -1.23. The van der Waals surface area contributed by atoms with Crippen LogP contribution in [0.4, 0.5) is 8.78 Å². The first kappa shape index (κ1) is 15.2. The van der Waals surface area contributed by atoms with Gasteiger partial charge in [-0.1, -0.05) is 12.1 Å². The Morgan fingerprint density at radius 3 is 2.50 bits per heavy atom. The molecular weight excluding hydrogens is 278 g/mol. The van der Waals surface area contributed by atoms with Gasteiger partial charge in [-0.15, -0.1) is 0 Å². The Balaban J connectivity index is 2.00. The molecule has 1 saturated carbocycles. The molecule has 0 spiro atoms. The fourth-order valence-electron chi connectivity index (χ4n) is 2.50. The molecule has 2 nitrogen and oxygen atoms in total. The van der Waals surface area contributed by atoms with Crippen molar-refractivity contribution in [2.24, 2.45) is 11.8 Å². The molecule has 1 aromatic carbocycles. The van der Waals surface area contributed by atoms with Gasteiger partial charge in [0.15, 0.2) is 11.6 Å². The van der Waals surface area contributed by atoms with Crippen LogP contribution < -0.4 is 4.74 Å². The highest BCUT2D eigenvalue weighted by atomic mass is 28.1. The summed E-state index contributed by atoms with van der Waals surface area (Å²) < 4.78 is 32.1. The second kappa shape index (κ2) is 6.48. The van der Waals surface area contributed by atoms with Crippen LogP contribution in [-0.2, 0) is 4.79 Å². The van der Waals surface area contributed by atoms with Crippen LogP contribution >= 0.6 is 0 Å². The average molecular weight is 295 g/mol. The van der Waals surface area contributed by atoms with Crippen molar-refractivity contribution in [1.29, 1.82) is 0 Å². The van der Waals surface area contributed by atoms with E-state index in [4.69, 9.17) is 4.74 Å². The molecule has 0 heterocycles. The molecule has 0 aromatic heterocycles. The molecule has 107 valence electrons. The fraction of sp³-hybridized carbons (Fsp3) is 0.533. The molecule has 1 aromatic rings. The highest BCUT2D eigenvalue weighted by molar-refractivity contribution is 6.08. The van der Waals surface area contributed by atoms with Gasteiger partial charge in [0, 0.05) is 10.2 Å². The molecule has 0 atom stereocenters. The monoisotopic (exact) mass is 295 g/mol. The Morgan fingerprint density at radius 1 is 1.25 bits per heavy atom. The fourth-order valence-corrected chi connectivity index (χ4v) is 2.91. The van der Waals surface area contributed by atoms with Crippen molar-refractivity contribution in [3.8, 4) is 5.75 Å². The Bertz CT molecular complexity index is 497. The van der Waals surface area contributed by atoms with Crippen molar-refractivity contribution in [2.75, 3.05) is 0 Å². The maximum atomic E-state index is 13.6. The van der Waals surface area contributed by atoms with Crippen molar-refractivity contribution in [2.45, 2.75) is 38.7 Å². The number of aryl methyl sites for hydroxylation is 1. The van der Waals surface area contributed by atoms with Crippen molar-refractivity contribution >= 4 is 16.2 Å². The van der Waals surface area contributed by atoms with E-state index in [1.807, 2.05) is 0 Å². The zero-order valence-corrected chi connectivity index (χ0v) is 12.4. The molecule has 0 unspecified atom stereocenters. The predicted octanol–water partition coefficient (Wildman–Crippen LogP) is 3.57. The van der Waals surface area contributed by atoms with Crippen LogP contribution in [0.1, 0.15) is 31.2 Å². The highest BCUT2D eigenvalue weighted by Crippen LogP contribution is 2.32. The summed E-state index contributed by atoms with van der Waals surface area (Å²) in [5, 5.41) is 0. The summed E-state index contributed by atoms with van der Waals surface area (Å²) in [7, 11) is 3.49. The van der Waals surface area contributed by atoms with Crippen molar-refractivity contribution in [3.05, 3.63) is 29.3 Å². The second-order valence-corrected chi connectivity index (χ2v) is 5.76. The van der Waals surface area contributed by atoms with E-state index < -0.39 is 17.6 Å². The van der Waals surface area contributed by atoms with Gasteiger partial charge in [0.2, 0.25) is 5.82 Å². The third kappa shape index (κ3) is 3.26. The van der Waals surface area contributed by atoms with E-state index in [9.17, 15) is 13.6 Å². The topological polar surface area (TPSA) is 26.3 Å². The number of esters is 1. The largest absolute Gasteiger partial charge is 0.423 e. The number of hydrogen-bond donors (Lipinski definition) is 0. The van der Waals surface area contributed by atoms with Crippen molar-refractivity contribution < 1.29 is 18.3 Å². The van der Waals surface area contributed by atoms with Crippen LogP contribution in [0.3, 0.4) is 0 Å². The summed E-state index contributed by atoms with van der Waals surface area (Å²) in [5.41, 5.74) is 0.194. The van der Waals surface area contributed by atoms with Gasteiger partial charge in [0.1, 0.15) is 0 Å². The normalized spacial score (nSPS) is 22.6. The van der Waals surface area contributed by atoms with Crippen LogP contribution in [0.2, 0.25) is 6.04 Å². The molecule has 1 aliphatic rings. The van der Waals surface area contributed by atoms with Crippen LogP contribution in [0.15, 0.2) is 12.1 Å². The van der Waals surface area contributed by atoms with Gasteiger partial charge in [-0.3, -0.25) is 4.79 Å². The lowest BCUT2D eigenvalue weighted by atomic mass is 9.83. The molecule has 20 heavy (non-hydrogen) atoms. The molecule has 0 N–H and O–H groups in total. The van der Waals surface area contributed by atoms with E-state index in [-0.39, 0.29) is 17.2 Å². The van der Waals surface area contributed by atoms with Gasteiger partial charge >= 0.3 is 5.97 Å². The maximum absolute atomic E-state index is 13.6. The Labute approximate surface area is 120 Å². The first-order valence-corrected chi connectivity index (χ1v) is 7.54. The maximum Gasteiger partial charge on any atom is 0.314 e. The zero-order valence-electron chi connectivity index (χ0n) is 11.4. The van der Waals surface area contributed by atoms with Crippen LogP contribution in [-0.4, -0.2) is 16.2 Å². The lowest BCUT2D eigenvalue weighted by Crippen LogP contribution is -2.26. The lowest BCUT2D eigenvalue weighted by molar-refractivity contribution is -0.140. The first-order chi connectivity index (χ1) is 9.52. The van der Waals surface area contributed by atoms with Gasteiger partial charge in [-0.25, -0.2) is 4.39 Å². The zero-order chi connectivity index (χ0) is 14.7. The van der Waals surface area contributed by atoms with Gasteiger partial charge in [0.25, 0.3) is 0 Å². The van der Waals surface area contributed by atoms with Gasteiger partial charge in [-0.2, -0.15) is 4.39 Å². The number of rotatable bonds is 3. The SMILES string of the molecule is Cc1ccc(OC(=O)C2CCC(C[Si])CC2)c(F)c1F. The van der Waals surface area contributed by atoms with Crippen LogP contribution in [0.5, 0.6) is 5.75 Å². The van der Waals surface area contributed by atoms with E-state index in [1.54, 1.807) is 0 Å². The molecule has 5 heteroatoms. The second-order valence-electron chi connectivity index (χ2n) is 5.35. The van der Waals surface area contributed by atoms with Crippen molar-refractivity contribution in [3.63, 3.8) is 0 Å².